The summed E-state index contributed by atoms with van der Waals surface area (Å²) in [5.74, 6) is 0.965. The zero-order valence-electron chi connectivity index (χ0n) is 20.5. The topological polar surface area (TPSA) is 144 Å². The molecule has 10 nitrogen and oxygen atoms in total. The number of carbonyl (C=O) groups excluding carboxylic acids is 2. The van der Waals surface area contributed by atoms with Crippen molar-refractivity contribution in [3.05, 3.63) is 42.0 Å². The van der Waals surface area contributed by atoms with Crippen LogP contribution in [0.5, 0.6) is 28.7 Å². The van der Waals surface area contributed by atoms with Crippen LogP contribution in [0.15, 0.2) is 36.4 Å². The first-order chi connectivity index (χ1) is 16.9. The van der Waals surface area contributed by atoms with Gasteiger partial charge < -0.3 is 40.5 Å². The van der Waals surface area contributed by atoms with Gasteiger partial charge >= 0.3 is 5.97 Å². The number of rotatable bonds is 13. The average Bonchev–Trinajstić information content (AvgIpc) is 2.87. The standard InChI is InChI=1S/C25H33N3O7/c1-31-17-14-21(33-3)18(22(15-17)34-4)9-11-24(29)28-16-8-10-20(32-2)23(13-16)35-25(30)19(27)7-5-6-12-26/h8-11,13-15,19H,5-7,12,26-27H2,1-4H3,(H,28,29)/b11-9+/t19-/m1/s1. The van der Waals surface area contributed by atoms with Crippen LogP contribution >= 0.6 is 0 Å². The summed E-state index contributed by atoms with van der Waals surface area (Å²) in [4.78, 5) is 24.9. The lowest BCUT2D eigenvalue weighted by atomic mass is 10.1. The van der Waals surface area contributed by atoms with Gasteiger partial charge in [0, 0.05) is 30.0 Å². The Hall–Kier alpha value is -3.76. The number of hydrogen-bond donors (Lipinski definition) is 3. The lowest BCUT2D eigenvalue weighted by molar-refractivity contribution is -0.136. The number of nitrogens with two attached hydrogens (primary N) is 2. The van der Waals surface area contributed by atoms with Crippen LogP contribution in [-0.2, 0) is 9.59 Å². The number of esters is 1. The summed E-state index contributed by atoms with van der Waals surface area (Å²) in [5, 5.41) is 2.72. The Bertz CT molecular complexity index is 1010. The largest absolute Gasteiger partial charge is 0.496 e. The van der Waals surface area contributed by atoms with Gasteiger partial charge in [0.05, 0.1) is 34.0 Å². The highest BCUT2D eigenvalue weighted by molar-refractivity contribution is 6.02. The van der Waals surface area contributed by atoms with Gasteiger partial charge in [-0.25, -0.2) is 4.79 Å². The monoisotopic (exact) mass is 487 g/mol. The molecule has 0 fully saturated rings. The van der Waals surface area contributed by atoms with Gasteiger partial charge in [0.15, 0.2) is 11.5 Å². The first kappa shape index (κ1) is 27.5. The predicted molar refractivity (Wildman–Crippen MR) is 133 cm³/mol. The van der Waals surface area contributed by atoms with E-state index in [1.54, 1.807) is 30.3 Å². The van der Waals surface area contributed by atoms with Crippen LogP contribution in [0, 0.1) is 0 Å². The number of carbonyl (C=O) groups is 2. The molecule has 2 rings (SSSR count). The van der Waals surface area contributed by atoms with Crippen molar-refractivity contribution in [1.82, 2.24) is 0 Å². The molecule has 0 unspecified atom stereocenters. The summed E-state index contributed by atoms with van der Waals surface area (Å²) in [5.41, 5.74) is 12.4. The predicted octanol–water partition coefficient (Wildman–Crippen LogP) is 2.73. The van der Waals surface area contributed by atoms with Crippen molar-refractivity contribution in [2.75, 3.05) is 40.3 Å². The van der Waals surface area contributed by atoms with Crippen LogP contribution in [0.3, 0.4) is 0 Å². The first-order valence-electron chi connectivity index (χ1n) is 11.0. The molecule has 0 aromatic heterocycles. The van der Waals surface area contributed by atoms with E-state index in [4.69, 9.17) is 35.2 Å². The van der Waals surface area contributed by atoms with Crippen molar-refractivity contribution in [2.45, 2.75) is 25.3 Å². The molecule has 1 amide bonds. The molecular weight excluding hydrogens is 454 g/mol. The minimum absolute atomic E-state index is 0.145. The molecule has 190 valence electrons. The molecule has 2 aromatic carbocycles. The van der Waals surface area contributed by atoms with Gasteiger partial charge in [-0.3, -0.25) is 4.79 Å². The fraction of sp³-hybridized carbons (Fsp3) is 0.360. The van der Waals surface area contributed by atoms with E-state index in [1.807, 2.05) is 0 Å². The Balaban J connectivity index is 2.15. The van der Waals surface area contributed by atoms with Gasteiger partial charge in [-0.05, 0) is 37.6 Å². The molecule has 5 N–H and O–H groups in total. The molecule has 0 spiro atoms. The Labute approximate surface area is 205 Å². The van der Waals surface area contributed by atoms with Crippen molar-refractivity contribution in [3.8, 4) is 28.7 Å². The highest BCUT2D eigenvalue weighted by Gasteiger charge is 2.18. The lowest BCUT2D eigenvalue weighted by Gasteiger charge is -2.14. The fourth-order valence-electron chi connectivity index (χ4n) is 3.18. The number of ether oxygens (including phenoxy) is 5. The summed E-state index contributed by atoms with van der Waals surface area (Å²) in [6.45, 7) is 0.532. The van der Waals surface area contributed by atoms with Crippen molar-refractivity contribution in [1.29, 1.82) is 0 Å². The van der Waals surface area contributed by atoms with Crippen LogP contribution in [-0.4, -0.2) is 52.9 Å². The Morgan fingerprint density at radius 1 is 0.914 bits per heavy atom. The van der Waals surface area contributed by atoms with Crippen LogP contribution in [0.2, 0.25) is 0 Å². The molecule has 2 aromatic rings. The molecule has 1 atom stereocenters. The van der Waals surface area contributed by atoms with E-state index in [1.165, 1.54) is 40.6 Å². The van der Waals surface area contributed by atoms with Gasteiger partial charge in [-0.1, -0.05) is 6.42 Å². The van der Waals surface area contributed by atoms with Crippen LogP contribution in [0.25, 0.3) is 6.08 Å². The number of unbranched alkanes of at least 4 members (excludes halogenated alkanes) is 1. The Kier molecular flexibility index (Phi) is 10.9. The second-order valence-corrected chi connectivity index (χ2v) is 7.45. The van der Waals surface area contributed by atoms with E-state index in [0.717, 1.165) is 12.8 Å². The molecule has 0 saturated heterocycles. The number of methoxy groups -OCH3 is 4. The van der Waals surface area contributed by atoms with Crippen LogP contribution in [0.1, 0.15) is 24.8 Å². The normalized spacial score (nSPS) is 11.6. The summed E-state index contributed by atoms with van der Waals surface area (Å²) < 4.78 is 26.7. The smallest absolute Gasteiger partial charge is 0.328 e. The van der Waals surface area contributed by atoms with E-state index >= 15 is 0 Å². The van der Waals surface area contributed by atoms with E-state index in [2.05, 4.69) is 5.32 Å². The Morgan fingerprint density at radius 3 is 2.14 bits per heavy atom. The van der Waals surface area contributed by atoms with Gasteiger partial charge in [0.2, 0.25) is 5.91 Å². The number of anilines is 1. The summed E-state index contributed by atoms with van der Waals surface area (Å²) >= 11 is 0. The highest BCUT2D eigenvalue weighted by Crippen LogP contribution is 2.35. The molecule has 0 aliphatic rings. The lowest BCUT2D eigenvalue weighted by Crippen LogP contribution is -2.34. The number of nitrogens with one attached hydrogen (secondary N) is 1. The molecule has 0 aliphatic heterocycles. The summed E-state index contributed by atoms with van der Waals surface area (Å²) in [7, 11) is 6.00. The van der Waals surface area contributed by atoms with Gasteiger partial charge in [-0.2, -0.15) is 0 Å². The van der Waals surface area contributed by atoms with Gasteiger partial charge in [-0.15, -0.1) is 0 Å². The van der Waals surface area contributed by atoms with E-state index in [9.17, 15) is 9.59 Å². The molecule has 0 aliphatic carbocycles. The molecule has 0 heterocycles. The second-order valence-electron chi connectivity index (χ2n) is 7.45. The fourth-order valence-corrected chi connectivity index (χ4v) is 3.18. The number of benzene rings is 2. The number of hydrogen-bond acceptors (Lipinski definition) is 9. The van der Waals surface area contributed by atoms with E-state index in [-0.39, 0.29) is 5.75 Å². The summed E-state index contributed by atoms with van der Waals surface area (Å²) in [6, 6.07) is 7.27. The minimum Gasteiger partial charge on any atom is -0.496 e. The molecule has 0 bridgehead atoms. The van der Waals surface area contributed by atoms with Crippen molar-refractivity contribution < 1.29 is 33.3 Å². The van der Waals surface area contributed by atoms with E-state index < -0.39 is 17.9 Å². The van der Waals surface area contributed by atoms with Crippen molar-refractivity contribution >= 4 is 23.6 Å². The second kappa shape index (κ2) is 13.8. The number of amides is 1. The van der Waals surface area contributed by atoms with Crippen LogP contribution in [0.4, 0.5) is 5.69 Å². The first-order valence-corrected chi connectivity index (χ1v) is 11.0. The third-order valence-electron chi connectivity index (χ3n) is 5.07. The Morgan fingerprint density at radius 2 is 1.57 bits per heavy atom. The highest BCUT2D eigenvalue weighted by atomic mass is 16.6. The maximum absolute atomic E-state index is 12.6. The third kappa shape index (κ3) is 7.90. The molecule has 0 radical (unpaired) electrons. The summed E-state index contributed by atoms with van der Waals surface area (Å²) in [6.07, 6.45) is 4.84. The van der Waals surface area contributed by atoms with Crippen molar-refractivity contribution in [3.63, 3.8) is 0 Å². The quantitative estimate of drug-likeness (QED) is 0.168. The SMILES string of the molecule is COc1cc(OC)c(/C=C/C(=O)Nc2ccc(OC)c(OC(=O)[C@H](N)CCCCN)c2)c(OC)c1. The molecule has 10 heteroatoms. The zero-order chi connectivity index (χ0) is 25.8. The van der Waals surface area contributed by atoms with Crippen molar-refractivity contribution in [2.24, 2.45) is 11.5 Å². The molecular formula is C25H33N3O7. The average molecular weight is 488 g/mol. The molecule has 35 heavy (non-hydrogen) atoms. The third-order valence-corrected chi connectivity index (χ3v) is 5.07. The van der Waals surface area contributed by atoms with Gasteiger partial charge in [0.25, 0.3) is 0 Å². The zero-order valence-corrected chi connectivity index (χ0v) is 20.5. The van der Waals surface area contributed by atoms with E-state index in [0.29, 0.717) is 47.2 Å². The van der Waals surface area contributed by atoms with Crippen LogP contribution < -0.4 is 40.5 Å². The molecule has 0 saturated carbocycles. The maximum Gasteiger partial charge on any atom is 0.328 e. The van der Waals surface area contributed by atoms with Gasteiger partial charge in [0.1, 0.15) is 23.3 Å². The maximum atomic E-state index is 12.6. The minimum atomic E-state index is -0.790.